The predicted octanol–water partition coefficient (Wildman–Crippen LogP) is -4.03. The Morgan fingerprint density at radius 3 is 0.400 bits per heavy atom. The molecule has 0 amide bonds. The fourth-order valence-electron chi connectivity index (χ4n) is 0. The summed E-state index contributed by atoms with van der Waals surface area (Å²) in [6.07, 6.45) is 0. The van der Waals surface area contributed by atoms with Crippen LogP contribution in [0, 0.1) is 0 Å². The summed E-state index contributed by atoms with van der Waals surface area (Å²) < 4.78 is 109. The molecule has 0 N–H and O–H groups in total. The van der Waals surface area contributed by atoms with Crippen molar-refractivity contribution in [3.8, 4) is 0 Å². The molecule has 12 nitrogen and oxygen atoms in total. The van der Waals surface area contributed by atoms with Gasteiger partial charge in [0.15, 0.2) is 0 Å². The van der Waals surface area contributed by atoms with Gasteiger partial charge in [-0.25, -0.2) is 0 Å². The van der Waals surface area contributed by atoms with E-state index in [-0.39, 0.29) is 34.1 Å². The van der Waals surface area contributed by atoms with Crippen LogP contribution >= 0.6 is 0 Å². The third kappa shape index (κ3) is 36.7. The predicted molar refractivity (Wildman–Crippen MR) is 53.5 cm³/mol. The van der Waals surface area contributed by atoms with Gasteiger partial charge >= 0.3 is 34.1 Å². The monoisotopic (exact) mass is 496 g/mol. The third-order valence-electron chi connectivity index (χ3n) is 0.333. The summed E-state index contributed by atoms with van der Waals surface area (Å²) in [5, 5.41) is 0. The molecule has 0 aliphatic heterocycles. The second kappa shape index (κ2) is 20.7. The van der Waals surface area contributed by atoms with Crippen LogP contribution in [0.2, 0.25) is 0 Å². The fraction of sp³-hybridized carbons (Fsp3) is 0. The molecule has 124 valence electrons. The Hall–Kier alpha value is 1.70. The summed E-state index contributed by atoms with van der Waals surface area (Å²) in [7, 11) is -17.7. The topological polar surface area (TPSA) is 241 Å². The molecule has 0 aromatic carbocycles. The van der Waals surface area contributed by atoms with Crippen molar-refractivity contribution in [2.24, 2.45) is 0 Å². The van der Waals surface area contributed by atoms with Crippen LogP contribution in [0.25, 0.3) is 0 Å². The second-order valence-corrected chi connectivity index (χ2v) is 8.57. The van der Waals surface area contributed by atoms with Gasteiger partial charge in [0.05, 0.1) is 0 Å². The van der Waals surface area contributed by atoms with Gasteiger partial charge in [0.2, 0.25) is 0 Å². The quantitative estimate of drug-likeness (QED) is 0.206. The van der Waals surface area contributed by atoms with Crippen LogP contribution in [-0.2, 0) is 94.8 Å². The SMILES string of the molecule is O=S([O-])S(=O)[O-].O=S([O-])S(=O)[O-].O=S([O-])S(=O)[O-].[Fe+3].[Fe+3]. The second-order valence-electron chi connectivity index (χ2n) is 1.22. The van der Waals surface area contributed by atoms with Crippen molar-refractivity contribution < 1.29 is 86.7 Å². The average molecular weight is 496 g/mol. The minimum atomic E-state index is -2.95. The summed E-state index contributed by atoms with van der Waals surface area (Å²) in [5.74, 6) is 0. The Balaban J connectivity index is -0.0000000536. The Bertz CT molecular complexity index is 281. The van der Waals surface area contributed by atoms with E-state index < -0.39 is 60.7 Å². The molecule has 0 spiro atoms. The zero-order valence-corrected chi connectivity index (χ0v) is 15.2. The summed E-state index contributed by atoms with van der Waals surface area (Å²) in [6, 6.07) is 0. The van der Waals surface area contributed by atoms with Gasteiger partial charge in [0, 0.05) is 60.7 Å². The molecule has 0 aliphatic carbocycles. The van der Waals surface area contributed by atoms with E-state index in [1.807, 2.05) is 0 Å². The Morgan fingerprint density at radius 1 is 0.350 bits per heavy atom. The minimum absolute atomic E-state index is 0. The molecule has 20 heavy (non-hydrogen) atoms. The van der Waals surface area contributed by atoms with Crippen LogP contribution in [0.3, 0.4) is 0 Å². The molecule has 0 saturated carbocycles. The van der Waals surface area contributed by atoms with Gasteiger partial charge in [0.1, 0.15) is 0 Å². The molecule has 0 bridgehead atoms. The summed E-state index contributed by atoms with van der Waals surface area (Å²) in [6.45, 7) is 0. The van der Waals surface area contributed by atoms with Crippen LogP contribution in [0.4, 0.5) is 0 Å². The smallest absolute Gasteiger partial charge is 0.763 e. The molecule has 0 saturated heterocycles. The van der Waals surface area contributed by atoms with Crippen LogP contribution in [0.5, 0.6) is 0 Å². The molecule has 0 rings (SSSR count). The first-order valence-electron chi connectivity index (χ1n) is 2.50. The van der Waals surface area contributed by atoms with Crippen molar-refractivity contribution >= 4 is 60.7 Å². The molecule has 6 unspecified atom stereocenters. The van der Waals surface area contributed by atoms with Gasteiger partial charge in [0.25, 0.3) is 0 Å². The summed E-state index contributed by atoms with van der Waals surface area (Å²) >= 11 is 0. The molecular formula is Fe2O12S6. The molecule has 6 atom stereocenters. The Morgan fingerprint density at radius 2 is 0.400 bits per heavy atom. The average Bonchev–Trinajstić information content (AvgIpc) is 2.18. The van der Waals surface area contributed by atoms with Crippen LogP contribution in [0.15, 0.2) is 0 Å². The van der Waals surface area contributed by atoms with Gasteiger partial charge in [-0.05, 0) is 0 Å². The van der Waals surface area contributed by atoms with Crippen molar-refractivity contribution in [3.05, 3.63) is 0 Å². The Labute approximate surface area is 146 Å². The third-order valence-corrected chi connectivity index (χ3v) is 3.00. The molecule has 0 aromatic rings. The van der Waals surface area contributed by atoms with Crippen LogP contribution < -0.4 is 0 Å². The molecule has 0 aliphatic rings. The van der Waals surface area contributed by atoms with Gasteiger partial charge < -0.3 is 27.3 Å². The summed E-state index contributed by atoms with van der Waals surface area (Å²) in [5.41, 5.74) is 0. The van der Waals surface area contributed by atoms with Crippen molar-refractivity contribution in [2.75, 3.05) is 0 Å². The molecule has 0 aromatic heterocycles. The first kappa shape index (κ1) is 33.3. The zero-order valence-electron chi connectivity index (χ0n) is 8.06. The van der Waals surface area contributed by atoms with Crippen molar-refractivity contribution in [1.29, 1.82) is 0 Å². The first-order valence-corrected chi connectivity index (χ1v) is 10.5. The van der Waals surface area contributed by atoms with E-state index in [0.29, 0.717) is 0 Å². The van der Waals surface area contributed by atoms with Crippen molar-refractivity contribution in [2.45, 2.75) is 0 Å². The molecule has 20 heteroatoms. The van der Waals surface area contributed by atoms with Crippen LogP contribution in [-0.4, -0.2) is 52.6 Å². The van der Waals surface area contributed by atoms with Crippen molar-refractivity contribution in [3.63, 3.8) is 0 Å². The number of rotatable bonds is 3. The summed E-state index contributed by atoms with van der Waals surface area (Å²) in [4.78, 5) is 0. The van der Waals surface area contributed by atoms with E-state index in [0.717, 1.165) is 0 Å². The number of hydrogen-bond donors (Lipinski definition) is 0. The standard InChI is InChI=1S/2Fe.3H2O4S2/c;;3*1-5(2)6(3)4/h;;3*(H,1,2)(H,3,4)/q2*+3;;;/p-6. The maximum absolute atomic E-state index is 9.09. The minimum Gasteiger partial charge on any atom is -0.763 e. The van der Waals surface area contributed by atoms with Gasteiger partial charge in [-0.1, -0.05) is 0 Å². The normalized spacial score (nSPS) is 17.7. The van der Waals surface area contributed by atoms with Crippen molar-refractivity contribution in [1.82, 2.24) is 0 Å². The number of hydrogen-bond acceptors (Lipinski definition) is 12. The molecule has 0 heterocycles. The molecule has 0 fully saturated rings. The van der Waals surface area contributed by atoms with Gasteiger partial charge in [-0.15, -0.1) is 0 Å². The first-order chi connectivity index (χ1) is 7.93. The van der Waals surface area contributed by atoms with E-state index >= 15 is 0 Å². The van der Waals surface area contributed by atoms with E-state index in [1.165, 1.54) is 0 Å². The fourth-order valence-corrected chi connectivity index (χ4v) is 0. The van der Waals surface area contributed by atoms with Crippen LogP contribution in [0.1, 0.15) is 0 Å². The maximum Gasteiger partial charge on any atom is 3.00 e. The van der Waals surface area contributed by atoms with Gasteiger partial charge in [-0.3, -0.25) is 25.3 Å². The van der Waals surface area contributed by atoms with E-state index in [2.05, 4.69) is 0 Å². The van der Waals surface area contributed by atoms with E-state index in [9.17, 15) is 0 Å². The Kier molecular flexibility index (Phi) is 34.5. The van der Waals surface area contributed by atoms with E-state index in [4.69, 9.17) is 52.6 Å². The van der Waals surface area contributed by atoms with Gasteiger partial charge in [-0.2, -0.15) is 0 Å². The maximum atomic E-state index is 9.09. The zero-order chi connectivity index (χ0) is 15.5. The van der Waals surface area contributed by atoms with E-state index in [1.54, 1.807) is 0 Å². The molecular weight excluding hydrogens is 496 g/mol. The molecule has 2 radical (unpaired) electrons. The largest absolute Gasteiger partial charge is 3.00 e.